The second-order valence-electron chi connectivity index (χ2n) is 5.02. The Labute approximate surface area is 81.6 Å². The third kappa shape index (κ3) is 1.96. The molecule has 2 rings (SSSR count). The molecule has 0 amide bonds. The molecular weight excluding hydrogens is 158 g/mol. The van der Waals surface area contributed by atoms with Crippen LogP contribution in [0.3, 0.4) is 0 Å². The molecule has 1 saturated carbocycles. The van der Waals surface area contributed by atoms with E-state index in [-0.39, 0.29) is 0 Å². The minimum absolute atomic E-state index is 0.451. The van der Waals surface area contributed by atoms with Gasteiger partial charge in [-0.1, -0.05) is 31.4 Å². The van der Waals surface area contributed by atoms with Gasteiger partial charge in [-0.2, -0.15) is 0 Å². The molecule has 0 aromatic rings. The third-order valence-electron chi connectivity index (χ3n) is 3.55. The Hall–Kier alpha value is -0.300. The van der Waals surface area contributed by atoms with Crippen molar-refractivity contribution in [1.29, 1.82) is 0 Å². The Morgan fingerprint density at radius 2 is 2.00 bits per heavy atom. The monoisotopic (exact) mass is 179 g/mol. The van der Waals surface area contributed by atoms with Gasteiger partial charge in [0.2, 0.25) is 0 Å². The molecule has 1 aliphatic heterocycles. The first-order chi connectivity index (χ1) is 6.20. The van der Waals surface area contributed by atoms with Crippen molar-refractivity contribution in [2.24, 2.45) is 0 Å². The summed E-state index contributed by atoms with van der Waals surface area (Å²) < 4.78 is 0. The van der Waals surface area contributed by atoms with Gasteiger partial charge in [0.25, 0.3) is 0 Å². The first kappa shape index (κ1) is 9.26. The lowest BCUT2D eigenvalue weighted by atomic mass is 9.74. The van der Waals surface area contributed by atoms with Gasteiger partial charge >= 0.3 is 0 Å². The van der Waals surface area contributed by atoms with Crippen LogP contribution in [0.5, 0.6) is 0 Å². The van der Waals surface area contributed by atoms with Gasteiger partial charge in [-0.15, -0.1) is 0 Å². The van der Waals surface area contributed by atoms with Crippen molar-refractivity contribution < 1.29 is 0 Å². The molecule has 1 saturated heterocycles. The van der Waals surface area contributed by atoms with E-state index in [1.165, 1.54) is 50.5 Å². The van der Waals surface area contributed by atoms with Crippen molar-refractivity contribution in [1.82, 2.24) is 5.32 Å². The van der Waals surface area contributed by atoms with Crippen LogP contribution in [0.4, 0.5) is 0 Å². The van der Waals surface area contributed by atoms with Gasteiger partial charge < -0.3 is 5.32 Å². The summed E-state index contributed by atoms with van der Waals surface area (Å²) in [4.78, 5) is 0. The zero-order chi connectivity index (χ0) is 9.31. The van der Waals surface area contributed by atoms with Crippen LogP contribution in [-0.2, 0) is 0 Å². The second kappa shape index (κ2) is 3.45. The smallest absolute Gasteiger partial charge is 0.0221 e. The van der Waals surface area contributed by atoms with Gasteiger partial charge in [-0.3, -0.25) is 0 Å². The Morgan fingerprint density at radius 1 is 1.31 bits per heavy atom. The molecule has 1 heteroatoms. The normalized spacial score (nSPS) is 33.6. The molecule has 0 aromatic carbocycles. The molecule has 2 fully saturated rings. The molecule has 1 N–H and O–H groups in total. The average Bonchev–Trinajstić information content (AvgIpc) is 2.02. The topological polar surface area (TPSA) is 12.0 Å². The third-order valence-corrected chi connectivity index (χ3v) is 3.55. The summed E-state index contributed by atoms with van der Waals surface area (Å²) in [6, 6.07) is 0.652. The lowest BCUT2D eigenvalue weighted by Gasteiger charge is -2.45. The highest BCUT2D eigenvalue weighted by Crippen LogP contribution is 2.37. The summed E-state index contributed by atoms with van der Waals surface area (Å²) >= 11 is 0. The molecule has 1 spiro atoms. The average molecular weight is 179 g/mol. The van der Waals surface area contributed by atoms with Crippen LogP contribution in [0, 0.1) is 0 Å². The van der Waals surface area contributed by atoms with Crippen LogP contribution in [0.2, 0.25) is 0 Å². The van der Waals surface area contributed by atoms with E-state index in [9.17, 15) is 0 Å². The van der Waals surface area contributed by atoms with Crippen LogP contribution in [0.1, 0.15) is 51.9 Å². The molecule has 1 atom stereocenters. The highest BCUT2D eigenvalue weighted by Gasteiger charge is 2.36. The number of piperidine rings is 1. The Kier molecular flexibility index (Phi) is 2.46. The highest BCUT2D eigenvalue weighted by molar-refractivity contribution is 5.12. The van der Waals surface area contributed by atoms with Crippen LogP contribution >= 0.6 is 0 Å². The van der Waals surface area contributed by atoms with E-state index in [2.05, 4.69) is 18.8 Å². The maximum atomic E-state index is 4.17. The van der Waals surface area contributed by atoms with Gasteiger partial charge in [-0.25, -0.2) is 0 Å². The maximum Gasteiger partial charge on any atom is 0.0221 e. The number of hydrogen-bond donors (Lipinski definition) is 1. The lowest BCUT2D eigenvalue weighted by molar-refractivity contribution is 0.185. The van der Waals surface area contributed by atoms with Crippen LogP contribution < -0.4 is 5.32 Å². The Morgan fingerprint density at radius 3 is 2.62 bits per heavy atom. The zero-order valence-electron chi connectivity index (χ0n) is 8.73. The van der Waals surface area contributed by atoms with E-state index < -0.39 is 0 Å². The molecule has 1 heterocycles. The van der Waals surface area contributed by atoms with Crippen molar-refractivity contribution in [2.45, 2.75) is 63.5 Å². The molecule has 1 nitrogen and oxygen atoms in total. The van der Waals surface area contributed by atoms with Crippen LogP contribution in [0.15, 0.2) is 12.2 Å². The van der Waals surface area contributed by atoms with Crippen LogP contribution in [0.25, 0.3) is 0 Å². The lowest BCUT2D eigenvalue weighted by Crippen LogP contribution is -2.54. The SMILES string of the molecule is C=C1C[C@@H](C)NC2(CCCCC2)C1. The minimum atomic E-state index is 0.451. The van der Waals surface area contributed by atoms with Crippen molar-refractivity contribution >= 4 is 0 Å². The van der Waals surface area contributed by atoms with Gasteiger partial charge in [-0.05, 0) is 32.6 Å². The molecule has 2 aliphatic rings. The van der Waals surface area contributed by atoms with Crippen LogP contribution in [-0.4, -0.2) is 11.6 Å². The van der Waals surface area contributed by atoms with Crippen molar-refractivity contribution in [3.8, 4) is 0 Å². The Balaban J connectivity index is 2.06. The number of nitrogens with one attached hydrogen (secondary N) is 1. The molecule has 0 aromatic heterocycles. The number of hydrogen-bond acceptors (Lipinski definition) is 1. The van der Waals surface area contributed by atoms with E-state index in [4.69, 9.17) is 0 Å². The second-order valence-corrected chi connectivity index (χ2v) is 5.02. The van der Waals surface area contributed by atoms with E-state index in [1.54, 1.807) is 0 Å². The van der Waals surface area contributed by atoms with E-state index in [0.717, 1.165) is 0 Å². The Bertz CT molecular complexity index is 201. The van der Waals surface area contributed by atoms with Crippen molar-refractivity contribution in [3.63, 3.8) is 0 Å². The largest absolute Gasteiger partial charge is 0.308 e. The van der Waals surface area contributed by atoms with E-state index in [1.807, 2.05) is 0 Å². The molecule has 0 bridgehead atoms. The van der Waals surface area contributed by atoms with Gasteiger partial charge in [0, 0.05) is 11.6 Å². The molecule has 1 aliphatic carbocycles. The fraction of sp³-hybridized carbons (Fsp3) is 0.833. The summed E-state index contributed by atoms with van der Waals surface area (Å²) in [6.07, 6.45) is 9.41. The van der Waals surface area contributed by atoms with Crippen molar-refractivity contribution in [3.05, 3.63) is 12.2 Å². The van der Waals surface area contributed by atoms with E-state index in [0.29, 0.717) is 11.6 Å². The summed E-state index contributed by atoms with van der Waals surface area (Å²) in [5, 5.41) is 3.80. The van der Waals surface area contributed by atoms with Gasteiger partial charge in [0.05, 0.1) is 0 Å². The maximum absolute atomic E-state index is 4.17. The molecule has 13 heavy (non-hydrogen) atoms. The predicted octanol–water partition coefficient (Wildman–Crippen LogP) is 3.02. The van der Waals surface area contributed by atoms with E-state index >= 15 is 0 Å². The first-order valence-corrected chi connectivity index (χ1v) is 5.65. The van der Waals surface area contributed by atoms with Crippen molar-refractivity contribution in [2.75, 3.05) is 0 Å². The summed E-state index contributed by atoms with van der Waals surface area (Å²) in [7, 11) is 0. The van der Waals surface area contributed by atoms with Gasteiger partial charge in [0.1, 0.15) is 0 Å². The summed E-state index contributed by atoms with van der Waals surface area (Å²) in [5.41, 5.74) is 1.92. The van der Waals surface area contributed by atoms with Gasteiger partial charge in [0.15, 0.2) is 0 Å². The molecular formula is C12H21N. The summed E-state index contributed by atoms with van der Waals surface area (Å²) in [5.74, 6) is 0. The number of rotatable bonds is 0. The molecule has 74 valence electrons. The fourth-order valence-corrected chi connectivity index (χ4v) is 3.16. The zero-order valence-corrected chi connectivity index (χ0v) is 8.73. The molecule has 0 unspecified atom stereocenters. The quantitative estimate of drug-likeness (QED) is 0.564. The first-order valence-electron chi connectivity index (χ1n) is 5.65. The highest BCUT2D eigenvalue weighted by atomic mass is 15.0. The predicted molar refractivity (Wildman–Crippen MR) is 56.8 cm³/mol. The molecule has 0 radical (unpaired) electrons. The summed E-state index contributed by atoms with van der Waals surface area (Å²) in [6.45, 7) is 6.47. The standard InChI is InChI=1S/C12H21N/c1-10-8-11(2)13-12(9-10)6-4-3-5-7-12/h11,13H,1,3-9H2,2H3/t11-/m1/s1. The fourth-order valence-electron chi connectivity index (χ4n) is 3.16. The minimum Gasteiger partial charge on any atom is -0.308 e.